The number of imidazole rings is 1. The van der Waals surface area contributed by atoms with Crippen LogP contribution in [0.3, 0.4) is 0 Å². The van der Waals surface area contributed by atoms with Gasteiger partial charge in [-0.05, 0) is 31.9 Å². The minimum atomic E-state index is -2.60. The number of rotatable bonds is 8. The second-order valence-corrected chi connectivity index (χ2v) is 9.45. The fraction of sp³-hybridized carbons (Fsp3) is 0.500. The number of hydrogen-bond donors (Lipinski definition) is 1. The van der Waals surface area contributed by atoms with Crippen molar-refractivity contribution in [2.45, 2.75) is 56.7 Å². The Labute approximate surface area is 200 Å². The largest absolute Gasteiger partial charge is 0.382 e. The van der Waals surface area contributed by atoms with Crippen LogP contribution in [0, 0.1) is 6.92 Å². The van der Waals surface area contributed by atoms with Gasteiger partial charge in [-0.2, -0.15) is 0 Å². The number of nitrogens with zero attached hydrogens (tertiary/aromatic N) is 6. The lowest BCUT2D eigenvalue weighted by atomic mass is 9.87. The van der Waals surface area contributed by atoms with Crippen LogP contribution in [-0.4, -0.2) is 67.5 Å². The van der Waals surface area contributed by atoms with Gasteiger partial charge in [0.1, 0.15) is 5.82 Å². The number of ether oxygens (including phenoxy) is 2. The van der Waals surface area contributed by atoms with Crippen LogP contribution in [-0.2, 0) is 9.47 Å². The van der Waals surface area contributed by atoms with Gasteiger partial charge in [0.25, 0.3) is 5.92 Å². The highest BCUT2D eigenvalue weighted by Crippen LogP contribution is 2.47. The molecule has 0 amide bonds. The molecule has 0 unspecified atom stereocenters. The zero-order chi connectivity index (χ0) is 24.2. The van der Waals surface area contributed by atoms with Crippen molar-refractivity contribution in [3.8, 4) is 11.1 Å². The van der Waals surface area contributed by atoms with Crippen LogP contribution in [0.1, 0.15) is 37.5 Å². The number of fused-ring (bicyclic) bond motifs is 2. The van der Waals surface area contributed by atoms with E-state index in [1.165, 1.54) is 0 Å². The first-order valence-corrected chi connectivity index (χ1v) is 11.8. The average molecular weight is 484 g/mol. The number of halogens is 2. The van der Waals surface area contributed by atoms with E-state index in [-0.39, 0.29) is 31.0 Å². The topological polar surface area (TPSA) is 91.4 Å². The second kappa shape index (κ2) is 8.49. The molecule has 0 atom stereocenters. The van der Waals surface area contributed by atoms with Gasteiger partial charge in [-0.25, -0.2) is 28.2 Å². The number of anilines is 1. The van der Waals surface area contributed by atoms with E-state index in [0.29, 0.717) is 30.6 Å². The summed E-state index contributed by atoms with van der Waals surface area (Å²) in [6, 6.07) is 3.96. The summed E-state index contributed by atoms with van der Waals surface area (Å²) in [5.74, 6) is -1.33. The Hall–Kier alpha value is -3.18. The van der Waals surface area contributed by atoms with E-state index in [0.717, 1.165) is 35.0 Å². The first-order valence-electron chi connectivity index (χ1n) is 11.8. The van der Waals surface area contributed by atoms with Gasteiger partial charge >= 0.3 is 0 Å². The van der Waals surface area contributed by atoms with Crippen LogP contribution in [0.2, 0.25) is 0 Å². The standard InChI is InChI=1S/C24H27F2N7O2/c1-14-29-22-20(33(14)17-10-24(25,26)11-17)7-15(12-27-22)19-3-4-32-21(19)13-28-23(31-32)30-16-8-18(9-16)35-6-5-34-2/h3-4,7,12-13,16-18H,5-6,8-11H2,1-2H3,(H,30,31)/t16-,18-. The Bertz CT molecular complexity index is 1370. The van der Waals surface area contributed by atoms with Crippen LogP contribution < -0.4 is 5.32 Å². The number of aryl methyl sites for hydroxylation is 1. The Balaban J connectivity index is 1.21. The molecule has 2 fully saturated rings. The van der Waals surface area contributed by atoms with Crippen LogP contribution in [0.4, 0.5) is 14.7 Å². The predicted octanol–water partition coefficient (Wildman–Crippen LogP) is 4.03. The van der Waals surface area contributed by atoms with Crippen LogP contribution in [0.15, 0.2) is 30.7 Å². The number of hydrogen-bond acceptors (Lipinski definition) is 7. The zero-order valence-corrected chi connectivity index (χ0v) is 19.6. The monoisotopic (exact) mass is 483 g/mol. The normalized spacial score (nSPS) is 21.8. The van der Waals surface area contributed by atoms with Gasteiger partial charge in [0.2, 0.25) is 5.95 Å². The number of methoxy groups -OCH3 is 1. The van der Waals surface area contributed by atoms with E-state index in [1.807, 2.05) is 29.8 Å². The van der Waals surface area contributed by atoms with Crippen molar-refractivity contribution in [2.24, 2.45) is 0 Å². The summed E-state index contributed by atoms with van der Waals surface area (Å²) >= 11 is 0. The van der Waals surface area contributed by atoms with E-state index < -0.39 is 5.92 Å². The third kappa shape index (κ3) is 4.12. The number of nitrogens with one attached hydrogen (secondary N) is 1. The number of pyridine rings is 1. The minimum Gasteiger partial charge on any atom is -0.382 e. The van der Waals surface area contributed by atoms with E-state index in [9.17, 15) is 8.78 Å². The van der Waals surface area contributed by atoms with Gasteiger partial charge in [-0.1, -0.05) is 0 Å². The maximum atomic E-state index is 13.5. The van der Waals surface area contributed by atoms with Crippen molar-refractivity contribution in [3.63, 3.8) is 0 Å². The van der Waals surface area contributed by atoms with E-state index >= 15 is 0 Å². The van der Waals surface area contributed by atoms with Gasteiger partial charge in [0, 0.05) is 55.6 Å². The van der Waals surface area contributed by atoms with Crippen LogP contribution in [0.25, 0.3) is 27.8 Å². The molecule has 6 rings (SSSR count). The molecule has 184 valence electrons. The molecule has 2 aliphatic rings. The summed E-state index contributed by atoms with van der Waals surface area (Å²) in [6.07, 6.45) is 7.17. The molecule has 9 nitrogen and oxygen atoms in total. The van der Waals surface area contributed by atoms with Crippen LogP contribution >= 0.6 is 0 Å². The molecule has 0 aliphatic heterocycles. The quantitative estimate of drug-likeness (QED) is 0.379. The Morgan fingerprint density at radius 1 is 1.14 bits per heavy atom. The number of alkyl halides is 2. The molecule has 4 aromatic heterocycles. The minimum absolute atomic E-state index is 0.163. The first-order chi connectivity index (χ1) is 16.9. The lowest BCUT2D eigenvalue weighted by Crippen LogP contribution is -2.41. The molecule has 0 saturated heterocycles. The van der Waals surface area contributed by atoms with E-state index in [1.54, 1.807) is 24.0 Å². The highest BCUT2D eigenvalue weighted by molar-refractivity contribution is 5.85. The molecule has 0 bridgehead atoms. The molecule has 0 aromatic carbocycles. The Morgan fingerprint density at radius 2 is 1.97 bits per heavy atom. The SMILES string of the molecule is COCCO[C@H]1C[C@H](Nc2ncc3c(-c4cnc5nc(C)n(C6CC(F)(F)C6)c5c4)ccn3n2)C1. The molecular formula is C24H27F2N7O2. The first kappa shape index (κ1) is 22.3. The Morgan fingerprint density at radius 3 is 2.74 bits per heavy atom. The maximum Gasteiger partial charge on any atom is 0.252 e. The highest BCUT2D eigenvalue weighted by Gasteiger charge is 2.47. The molecule has 2 aliphatic carbocycles. The van der Waals surface area contributed by atoms with Crippen molar-refractivity contribution in [1.82, 2.24) is 29.1 Å². The number of aromatic nitrogens is 6. The van der Waals surface area contributed by atoms with E-state index in [4.69, 9.17) is 9.47 Å². The van der Waals surface area contributed by atoms with Crippen LogP contribution in [0.5, 0.6) is 0 Å². The molecule has 11 heteroatoms. The van der Waals surface area contributed by atoms with Gasteiger partial charge in [-0.3, -0.25) is 0 Å². The summed E-state index contributed by atoms with van der Waals surface area (Å²) < 4.78 is 41.5. The summed E-state index contributed by atoms with van der Waals surface area (Å²) in [4.78, 5) is 13.5. The molecule has 4 heterocycles. The van der Waals surface area contributed by atoms with Gasteiger partial charge < -0.3 is 19.4 Å². The zero-order valence-electron chi connectivity index (χ0n) is 19.6. The maximum absolute atomic E-state index is 13.5. The fourth-order valence-electron chi connectivity index (χ4n) is 5.02. The molecular weight excluding hydrogens is 456 g/mol. The summed E-state index contributed by atoms with van der Waals surface area (Å²) in [6.45, 7) is 3.05. The summed E-state index contributed by atoms with van der Waals surface area (Å²) in [5.41, 5.74) is 3.96. The highest BCUT2D eigenvalue weighted by atomic mass is 19.3. The van der Waals surface area contributed by atoms with Gasteiger partial charge in [0.15, 0.2) is 5.65 Å². The van der Waals surface area contributed by atoms with Crippen molar-refractivity contribution >= 4 is 22.6 Å². The van der Waals surface area contributed by atoms with Crippen molar-refractivity contribution in [3.05, 3.63) is 36.5 Å². The molecule has 35 heavy (non-hydrogen) atoms. The average Bonchev–Trinajstić information content (AvgIpc) is 3.34. The van der Waals surface area contributed by atoms with Crippen molar-refractivity contribution < 1.29 is 18.3 Å². The third-order valence-electron chi connectivity index (χ3n) is 6.95. The fourth-order valence-corrected chi connectivity index (χ4v) is 5.02. The van der Waals surface area contributed by atoms with Crippen molar-refractivity contribution in [2.75, 3.05) is 25.6 Å². The van der Waals surface area contributed by atoms with E-state index in [2.05, 4.69) is 25.4 Å². The smallest absolute Gasteiger partial charge is 0.252 e. The summed E-state index contributed by atoms with van der Waals surface area (Å²) in [5, 5.41) is 7.97. The molecule has 0 radical (unpaired) electrons. The third-order valence-corrected chi connectivity index (χ3v) is 6.95. The lowest BCUT2D eigenvalue weighted by molar-refractivity contribution is -0.103. The Kier molecular flexibility index (Phi) is 5.41. The van der Waals surface area contributed by atoms with Gasteiger partial charge in [0.05, 0.1) is 36.5 Å². The molecule has 1 N–H and O–H groups in total. The van der Waals surface area contributed by atoms with Crippen molar-refractivity contribution in [1.29, 1.82) is 0 Å². The summed E-state index contributed by atoms with van der Waals surface area (Å²) in [7, 11) is 1.67. The second-order valence-electron chi connectivity index (χ2n) is 9.45. The predicted molar refractivity (Wildman–Crippen MR) is 126 cm³/mol. The molecule has 2 saturated carbocycles. The van der Waals surface area contributed by atoms with Gasteiger partial charge in [-0.15, -0.1) is 5.10 Å². The molecule has 4 aromatic rings. The molecule has 0 spiro atoms. The lowest BCUT2D eigenvalue weighted by Gasteiger charge is -2.36.